The first kappa shape index (κ1) is 14.5. The SMILES string of the molecule is CSC(C)CCNCC(F)(F)c1ccccc1. The third kappa shape index (κ3) is 5.04. The molecule has 4 heteroatoms. The summed E-state index contributed by atoms with van der Waals surface area (Å²) < 4.78 is 27.4. The molecule has 0 aliphatic carbocycles. The van der Waals surface area contributed by atoms with E-state index in [0.29, 0.717) is 11.8 Å². The van der Waals surface area contributed by atoms with Gasteiger partial charge < -0.3 is 5.32 Å². The van der Waals surface area contributed by atoms with Gasteiger partial charge in [-0.2, -0.15) is 20.5 Å². The van der Waals surface area contributed by atoms with Crippen LogP contribution in [-0.2, 0) is 5.92 Å². The molecule has 0 amide bonds. The first-order valence-electron chi connectivity index (χ1n) is 5.73. The minimum absolute atomic E-state index is 0.0745. The Morgan fingerprint density at radius 1 is 1.29 bits per heavy atom. The summed E-state index contributed by atoms with van der Waals surface area (Å²) in [6.45, 7) is 2.43. The molecule has 0 radical (unpaired) electrons. The number of hydrogen-bond acceptors (Lipinski definition) is 2. The highest BCUT2D eigenvalue weighted by atomic mass is 32.2. The minimum Gasteiger partial charge on any atom is -0.311 e. The Labute approximate surface area is 106 Å². The van der Waals surface area contributed by atoms with Gasteiger partial charge in [0.1, 0.15) is 0 Å². The Morgan fingerprint density at radius 2 is 1.94 bits per heavy atom. The molecule has 0 heterocycles. The Bertz CT molecular complexity index is 316. The zero-order chi connectivity index (χ0) is 12.7. The van der Waals surface area contributed by atoms with Crippen LogP contribution in [0.2, 0.25) is 0 Å². The lowest BCUT2D eigenvalue weighted by molar-refractivity contribution is -0.00297. The van der Waals surface area contributed by atoms with Gasteiger partial charge in [0.2, 0.25) is 0 Å². The number of rotatable bonds is 7. The molecule has 1 atom stereocenters. The van der Waals surface area contributed by atoms with E-state index < -0.39 is 5.92 Å². The quantitative estimate of drug-likeness (QED) is 0.752. The van der Waals surface area contributed by atoms with Crippen molar-refractivity contribution in [3.8, 4) is 0 Å². The first-order chi connectivity index (χ1) is 8.06. The van der Waals surface area contributed by atoms with Gasteiger partial charge in [-0.3, -0.25) is 0 Å². The van der Waals surface area contributed by atoms with E-state index in [0.717, 1.165) is 6.42 Å². The Morgan fingerprint density at radius 3 is 2.53 bits per heavy atom. The summed E-state index contributed by atoms with van der Waals surface area (Å²) in [4.78, 5) is 0. The highest BCUT2D eigenvalue weighted by Crippen LogP contribution is 2.26. The van der Waals surface area contributed by atoms with Gasteiger partial charge in [-0.1, -0.05) is 37.3 Å². The lowest BCUT2D eigenvalue weighted by Gasteiger charge is -2.18. The summed E-state index contributed by atoms with van der Waals surface area (Å²) in [5.41, 5.74) is 0.0745. The summed E-state index contributed by atoms with van der Waals surface area (Å²) in [5.74, 6) is -2.79. The molecule has 0 aliphatic rings. The molecule has 1 N–H and O–H groups in total. The van der Waals surface area contributed by atoms with Gasteiger partial charge in [0.05, 0.1) is 6.54 Å². The first-order valence-corrected chi connectivity index (χ1v) is 7.02. The lowest BCUT2D eigenvalue weighted by Crippen LogP contribution is -2.32. The standard InChI is InChI=1S/C13H19F2NS/c1-11(17-2)8-9-16-10-13(14,15)12-6-4-3-5-7-12/h3-7,11,16H,8-10H2,1-2H3. The van der Waals surface area contributed by atoms with E-state index in [2.05, 4.69) is 12.2 Å². The molecule has 1 aromatic carbocycles. The predicted molar refractivity (Wildman–Crippen MR) is 70.8 cm³/mol. The van der Waals surface area contributed by atoms with E-state index in [1.165, 1.54) is 12.1 Å². The van der Waals surface area contributed by atoms with Gasteiger partial charge >= 0.3 is 0 Å². The van der Waals surface area contributed by atoms with Crippen LogP contribution in [0.1, 0.15) is 18.9 Å². The maximum absolute atomic E-state index is 13.7. The Kier molecular flexibility index (Phi) is 5.92. The highest BCUT2D eigenvalue weighted by molar-refractivity contribution is 7.99. The second-order valence-electron chi connectivity index (χ2n) is 4.08. The summed E-state index contributed by atoms with van der Waals surface area (Å²) >= 11 is 1.75. The second kappa shape index (κ2) is 6.97. The van der Waals surface area contributed by atoms with Crippen LogP contribution in [0.4, 0.5) is 8.78 Å². The number of nitrogens with one attached hydrogen (secondary N) is 1. The molecule has 0 bridgehead atoms. The van der Waals surface area contributed by atoms with Crippen LogP contribution in [0.5, 0.6) is 0 Å². The fourth-order valence-corrected chi connectivity index (χ4v) is 1.81. The maximum Gasteiger partial charge on any atom is 0.285 e. The molecule has 0 aromatic heterocycles. The molecule has 0 aliphatic heterocycles. The monoisotopic (exact) mass is 259 g/mol. The third-order valence-corrected chi connectivity index (χ3v) is 3.71. The van der Waals surface area contributed by atoms with Crippen molar-refractivity contribution in [1.82, 2.24) is 5.32 Å². The van der Waals surface area contributed by atoms with Gasteiger partial charge in [0.15, 0.2) is 0 Å². The number of halogens is 2. The topological polar surface area (TPSA) is 12.0 Å². The van der Waals surface area contributed by atoms with Crippen molar-refractivity contribution in [2.24, 2.45) is 0 Å². The molecular weight excluding hydrogens is 240 g/mol. The molecule has 1 unspecified atom stereocenters. The van der Waals surface area contributed by atoms with Gasteiger partial charge in [-0.05, 0) is 19.2 Å². The predicted octanol–water partition coefficient (Wildman–Crippen LogP) is 3.51. The van der Waals surface area contributed by atoms with E-state index in [9.17, 15) is 8.78 Å². The molecule has 1 rings (SSSR count). The zero-order valence-electron chi connectivity index (χ0n) is 10.2. The highest BCUT2D eigenvalue weighted by Gasteiger charge is 2.30. The smallest absolute Gasteiger partial charge is 0.285 e. The second-order valence-corrected chi connectivity index (χ2v) is 5.36. The van der Waals surface area contributed by atoms with Crippen molar-refractivity contribution in [1.29, 1.82) is 0 Å². The molecular formula is C13H19F2NS. The lowest BCUT2D eigenvalue weighted by atomic mass is 10.1. The number of hydrogen-bond donors (Lipinski definition) is 1. The van der Waals surface area contributed by atoms with Crippen LogP contribution in [0, 0.1) is 0 Å². The van der Waals surface area contributed by atoms with E-state index in [4.69, 9.17) is 0 Å². The molecule has 0 fully saturated rings. The molecule has 0 saturated carbocycles. The van der Waals surface area contributed by atoms with Gasteiger partial charge in [0.25, 0.3) is 5.92 Å². The van der Waals surface area contributed by atoms with Gasteiger partial charge in [0, 0.05) is 10.8 Å². The normalized spacial score (nSPS) is 13.6. The van der Waals surface area contributed by atoms with E-state index >= 15 is 0 Å². The van der Waals surface area contributed by atoms with Crippen LogP contribution in [0.25, 0.3) is 0 Å². The summed E-state index contributed by atoms with van der Waals surface area (Å²) in [6.07, 6.45) is 2.94. The summed E-state index contributed by atoms with van der Waals surface area (Å²) in [6, 6.07) is 7.95. The van der Waals surface area contributed by atoms with Crippen LogP contribution in [-0.4, -0.2) is 24.6 Å². The Balaban J connectivity index is 2.35. The van der Waals surface area contributed by atoms with Crippen molar-refractivity contribution < 1.29 is 8.78 Å². The van der Waals surface area contributed by atoms with E-state index in [1.54, 1.807) is 30.0 Å². The van der Waals surface area contributed by atoms with Gasteiger partial charge in [-0.15, -0.1) is 0 Å². The number of thioether (sulfide) groups is 1. The third-order valence-electron chi connectivity index (χ3n) is 2.67. The largest absolute Gasteiger partial charge is 0.311 e. The van der Waals surface area contributed by atoms with Crippen LogP contribution >= 0.6 is 11.8 Å². The van der Waals surface area contributed by atoms with Crippen molar-refractivity contribution in [3.05, 3.63) is 35.9 Å². The molecule has 1 aromatic rings. The fraction of sp³-hybridized carbons (Fsp3) is 0.538. The fourth-order valence-electron chi connectivity index (χ4n) is 1.45. The average Bonchev–Trinajstić information content (AvgIpc) is 2.35. The van der Waals surface area contributed by atoms with Crippen molar-refractivity contribution >= 4 is 11.8 Å². The van der Waals surface area contributed by atoms with Gasteiger partial charge in [-0.25, -0.2) is 0 Å². The van der Waals surface area contributed by atoms with Crippen molar-refractivity contribution in [2.75, 3.05) is 19.3 Å². The van der Waals surface area contributed by atoms with Crippen LogP contribution < -0.4 is 5.32 Å². The summed E-state index contributed by atoms with van der Waals surface area (Å²) in [5, 5.41) is 3.33. The molecule has 1 nitrogen and oxygen atoms in total. The number of alkyl halides is 2. The molecule has 0 saturated heterocycles. The Hall–Kier alpha value is -0.610. The van der Waals surface area contributed by atoms with Crippen molar-refractivity contribution in [2.45, 2.75) is 24.5 Å². The van der Waals surface area contributed by atoms with E-state index in [-0.39, 0.29) is 12.1 Å². The zero-order valence-corrected chi connectivity index (χ0v) is 11.1. The number of benzene rings is 1. The summed E-state index contributed by atoms with van der Waals surface area (Å²) in [7, 11) is 0. The van der Waals surface area contributed by atoms with Crippen molar-refractivity contribution in [3.63, 3.8) is 0 Å². The van der Waals surface area contributed by atoms with E-state index in [1.807, 2.05) is 6.26 Å². The molecule has 96 valence electrons. The molecule has 17 heavy (non-hydrogen) atoms. The maximum atomic E-state index is 13.7. The minimum atomic E-state index is -2.79. The van der Waals surface area contributed by atoms with Crippen LogP contribution in [0.15, 0.2) is 30.3 Å². The molecule has 0 spiro atoms. The van der Waals surface area contributed by atoms with Crippen LogP contribution in [0.3, 0.4) is 0 Å². The average molecular weight is 259 g/mol.